The number of carbonyl (C=O) groups excluding carboxylic acids is 1. The van der Waals surface area contributed by atoms with Crippen LogP contribution in [0.25, 0.3) is 0 Å². The van der Waals surface area contributed by atoms with Gasteiger partial charge in [0.1, 0.15) is 5.75 Å². The smallest absolute Gasteiger partial charge is 0.371 e. The van der Waals surface area contributed by atoms with Crippen LogP contribution >= 0.6 is 0 Å². The van der Waals surface area contributed by atoms with E-state index in [0.717, 1.165) is 0 Å². The van der Waals surface area contributed by atoms with Crippen LogP contribution in [0.5, 0.6) is 5.75 Å². The number of hydrogen-bond donors (Lipinski definition) is 2. The van der Waals surface area contributed by atoms with Crippen LogP contribution in [0.4, 0.5) is 16.2 Å². The van der Waals surface area contributed by atoms with Crippen LogP contribution in [-0.2, 0) is 10.3 Å². The first-order valence-electron chi connectivity index (χ1n) is 5.84. The van der Waals surface area contributed by atoms with Gasteiger partial charge in [-0.2, -0.15) is 13.6 Å². The minimum Gasteiger partial charge on any atom is -0.371 e. The summed E-state index contributed by atoms with van der Waals surface area (Å²) in [5, 5.41) is 4.77. The summed E-state index contributed by atoms with van der Waals surface area (Å²) in [6.45, 7) is 0. The van der Waals surface area contributed by atoms with Crippen LogP contribution in [0.1, 0.15) is 0 Å². The van der Waals surface area contributed by atoms with E-state index in [1.54, 1.807) is 24.3 Å². The Morgan fingerprint density at radius 2 is 1.48 bits per heavy atom. The summed E-state index contributed by atoms with van der Waals surface area (Å²) in [5.74, 6) is 0.0405. The molecule has 0 bridgehead atoms. The number of nitrogens with two attached hydrogens (primary N) is 2. The molecule has 0 atom stereocenters. The maximum atomic E-state index is 11.6. The molecule has 0 saturated carbocycles. The molecule has 21 heavy (non-hydrogen) atoms. The Morgan fingerprint density at radius 3 is 1.95 bits per heavy atom. The molecule has 0 aliphatic carbocycles. The minimum atomic E-state index is -4.08. The van der Waals surface area contributed by atoms with Crippen LogP contribution in [0.2, 0.25) is 0 Å². The van der Waals surface area contributed by atoms with Crippen LogP contribution in [0.15, 0.2) is 54.6 Å². The van der Waals surface area contributed by atoms with Crippen molar-refractivity contribution in [1.29, 1.82) is 0 Å². The van der Waals surface area contributed by atoms with Gasteiger partial charge in [-0.25, -0.2) is 4.79 Å². The number of para-hydroxylation sites is 1. The van der Waals surface area contributed by atoms with Crippen LogP contribution in [0, 0.1) is 0 Å². The molecule has 4 N–H and O–H groups in total. The lowest BCUT2D eigenvalue weighted by Crippen LogP contribution is -2.31. The predicted octanol–water partition coefficient (Wildman–Crippen LogP) is 1.49. The van der Waals surface area contributed by atoms with Gasteiger partial charge < -0.3 is 9.92 Å². The van der Waals surface area contributed by atoms with Crippen LogP contribution < -0.4 is 20.0 Å². The number of amides is 2. The second-order valence-electron chi connectivity index (χ2n) is 4.08. The number of rotatable bonds is 4. The summed E-state index contributed by atoms with van der Waals surface area (Å²) in [5.41, 5.74) is 6.44. The number of nitrogens with zero attached hydrogens (tertiary/aromatic N) is 1. The predicted molar refractivity (Wildman–Crippen MR) is 78.3 cm³/mol. The van der Waals surface area contributed by atoms with Crippen molar-refractivity contribution >= 4 is 27.7 Å². The first-order valence-corrected chi connectivity index (χ1v) is 7.31. The highest BCUT2D eigenvalue weighted by atomic mass is 32.2. The third kappa shape index (κ3) is 3.94. The van der Waals surface area contributed by atoms with Crippen molar-refractivity contribution in [3.05, 3.63) is 54.6 Å². The van der Waals surface area contributed by atoms with Gasteiger partial charge in [-0.1, -0.05) is 18.2 Å². The zero-order valence-corrected chi connectivity index (χ0v) is 11.7. The molecule has 0 aromatic heterocycles. The van der Waals surface area contributed by atoms with Crippen molar-refractivity contribution in [2.45, 2.75) is 0 Å². The number of hydrogen-bond acceptors (Lipinski definition) is 4. The van der Waals surface area contributed by atoms with Gasteiger partial charge in [0.25, 0.3) is 0 Å². The fourth-order valence-corrected chi connectivity index (χ4v) is 2.14. The van der Waals surface area contributed by atoms with Crippen molar-refractivity contribution in [3.63, 3.8) is 0 Å². The molecule has 7 nitrogen and oxygen atoms in total. The van der Waals surface area contributed by atoms with E-state index in [1.165, 1.54) is 29.2 Å². The van der Waals surface area contributed by atoms with Crippen LogP contribution in [-0.4, -0.2) is 14.4 Å². The third-order valence-corrected chi connectivity index (χ3v) is 2.97. The van der Waals surface area contributed by atoms with Crippen molar-refractivity contribution in [1.82, 2.24) is 0 Å². The second kappa shape index (κ2) is 5.81. The summed E-state index contributed by atoms with van der Waals surface area (Å²) in [4.78, 5) is 12.9. The molecule has 2 aromatic rings. The van der Waals surface area contributed by atoms with Gasteiger partial charge >= 0.3 is 16.3 Å². The van der Waals surface area contributed by atoms with E-state index in [1.807, 2.05) is 6.07 Å². The van der Waals surface area contributed by atoms with E-state index in [9.17, 15) is 13.2 Å². The van der Waals surface area contributed by atoms with Gasteiger partial charge in [-0.15, -0.1) is 0 Å². The molecule has 110 valence electrons. The highest BCUT2D eigenvalue weighted by molar-refractivity contribution is 7.84. The van der Waals surface area contributed by atoms with E-state index in [2.05, 4.69) is 4.18 Å². The maximum absolute atomic E-state index is 11.6. The van der Waals surface area contributed by atoms with Gasteiger partial charge in [0.2, 0.25) is 0 Å². The van der Waals surface area contributed by atoms with Crippen molar-refractivity contribution in [2.24, 2.45) is 10.9 Å². The highest BCUT2D eigenvalue weighted by Crippen LogP contribution is 2.27. The summed E-state index contributed by atoms with van der Waals surface area (Å²) >= 11 is 0. The van der Waals surface area contributed by atoms with E-state index < -0.39 is 16.3 Å². The van der Waals surface area contributed by atoms with E-state index in [4.69, 9.17) is 10.9 Å². The molecule has 0 spiro atoms. The summed E-state index contributed by atoms with van der Waals surface area (Å²) in [7, 11) is -4.08. The summed E-state index contributed by atoms with van der Waals surface area (Å²) in [6, 6.07) is 13.9. The van der Waals surface area contributed by atoms with Gasteiger partial charge in [-0.3, -0.25) is 4.90 Å². The van der Waals surface area contributed by atoms with Gasteiger partial charge in [0, 0.05) is 0 Å². The van der Waals surface area contributed by atoms with Crippen molar-refractivity contribution < 1.29 is 17.4 Å². The normalized spacial score (nSPS) is 10.9. The Kier molecular flexibility index (Phi) is 4.10. The molecule has 2 rings (SSSR count). The fourth-order valence-electron chi connectivity index (χ4n) is 1.77. The molecule has 8 heteroatoms. The molecule has 0 fully saturated rings. The zero-order valence-electron chi connectivity index (χ0n) is 10.8. The number of urea groups is 1. The third-order valence-electron chi connectivity index (χ3n) is 2.54. The quantitative estimate of drug-likeness (QED) is 0.890. The average molecular weight is 307 g/mol. The standard InChI is InChI=1S/C13H13N3O4S/c14-13(17)16(10-4-2-1-3-5-10)11-6-8-12(9-7-11)20-21(15,18)19/h1-9H,(H2,14,17)(H2,15,18,19). The summed E-state index contributed by atoms with van der Waals surface area (Å²) in [6.07, 6.45) is 0. The molecule has 0 unspecified atom stereocenters. The molecule has 0 saturated heterocycles. The molecule has 2 amide bonds. The minimum absolute atomic E-state index is 0.0405. The lowest BCUT2D eigenvalue weighted by molar-refractivity contribution is 0.256. The first-order chi connectivity index (χ1) is 9.87. The van der Waals surface area contributed by atoms with Gasteiger partial charge in [-0.05, 0) is 36.4 Å². The monoisotopic (exact) mass is 307 g/mol. The summed E-state index contributed by atoms with van der Waals surface area (Å²) < 4.78 is 26.2. The molecule has 0 aliphatic heterocycles. The average Bonchev–Trinajstić information content (AvgIpc) is 2.40. The van der Waals surface area contributed by atoms with Gasteiger partial charge in [0.05, 0.1) is 11.4 Å². The maximum Gasteiger partial charge on any atom is 0.380 e. The van der Waals surface area contributed by atoms with Crippen molar-refractivity contribution in [3.8, 4) is 5.75 Å². The molecular formula is C13H13N3O4S. The van der Waals surface area contributed by atoms with Gasteiger partial charge in [0.15, 0.2) is 0 Å². The van der Waals surface area contributed by atoms with Crippen molar-refractivity contribution in [2.75, 3.05) is 4.90 Å². The lowest BCUT2D eigenvalue weighted by atomic mass is 10.2. The Labute approximate surface area is 122 Å². The Hall–Kier alpha value is -2.58. The van der Waals surface area contributed by atoms with Crippen LogP contribution in [0.3, 0.4) is 0 Å². The topological polar surface area (TPSA) is 116 Å². The molecular weight excluding hydrogens is 294 g/mol. The molecule has 0 radical (unpaired) electrons. The Bertz CT molecular complexity index is 730. The van der Waals surface area contributed by atoms with E-state index >= 15 is 0 Å². The Balaban J connectivity index is 2.33. The number of primary amides is 1. The lowest BCUT2D eigenvalue weighted by Gasteiger charge is -2.20. The highest BCUT2D eigenvalue weighted by Gasteiger charge is 2.15. The second-order valence-corrected chi connectivity index (χ2v) is 5.23. The first kappa shape index (κ1) is 14.8. The number of anilines is 2. The fraction of sp³-hybridized carbons (Fsp3) is 0. The largest absolute Gasteiger partial charge is 0.380 e. The number of carbonyl (C=O) groups is 1. The molecule has 2 aromatic carbocycles. The molecule has 0 aliphatic rings. The SMILES string of the molecule is NC(=O)N(c1ccccc1)c1ccc(OS(N)(=O)=O)cc1. The molecule has 0 heterocycles. The van der Waals surface area contributed by atoms with E-state index in [0.29, 0.717) is 11.4 Å². The van der Waals surface area contributed by atoms with E-state index in [-0.39, 0.29) is 5.75 Å². The number of benzene rings is 2. The zero-order chi connectivity index (χ0) is 15.5. The Morgan fingerprint density at radius 1 is 0.952 bits per heavy atom.